The van der Waals surface area contributed by atoms with Gasteiger partial charge in [0.1, 0.15) is 38.8 Å². The van der Waals surface area contributed by atoms with Crippen molar-refractivity contribution in [2.24, 2.45) is 5.92 Å². The van der Waals surface area contributed by atoms with Crippen molar-refractivity contribution < 1.29 is 14.3 Å². The Kier molecular flexibility index (Phi) is 7.12. The van der Waals surface area contributed by atoms with Crippen LogP contribution >= 0.6 is 34.0 Å². The summed E-state index contributed by atoms with van der Waals surface area (Å²) in [6.45, 7) is 6.15. The highest BCUT2D eigenvalue weighted by molar-refractivity contribution is 7.22. The normalized spacial score (nSPS) is 15.5. The largest absolute Gasteiger partial charge is 0.497 e. The topological polar surface area (TPSA) is 94.7 Å². The van der Waals surface area contributed by atoms with Crippen LogP contribution in [0.15, 0.2) is 48.0 Å². The molecule has 0 radical (unpaired) electrons. The number of amides is 1. The van der Waals surface area contributed by atoms with Gasteiger partial charge in [0, 0.05) is 41.7 Å². The fourth-order valence-corrected chi connectivity index (χ4v) is 7.69. The maximum atomic E-state index is 13.0. The Hall–Kier alpha value is -3.87. The monoisotopic (exact) mass is 616 g/mol. The van der Waals surface area contributed by atoms with Gasteiger partial charge in [-0.25, -0.2) is 19.5 Å². The maximum Gasteiger partial charge on any atom is 0.253 e. The number of piperidine rings is 1. The van der Waals surface area contributed by atoms with Crippen molar-refractivity contribution in [1.29, 1.82) is 0 Å². The number of hydrogen-bond acceptors (Lipinski definition) is 10. The molecule has 5 heterocycles. The molecule has 214 valence electrons. The van der Waals surface area contributed by atoms with Crippen molar-refractivity contribution in [3.8, 4) is 32.8 Å². The molecule has 1 aliphatic heterocycles. The van der Waals surface area contributed by atoms with Crippen LogP contribution in [-0.4, -0.2) is 55.6 Å². The number of aryl methyl sites for hydroxylation is 1. The average molecular weight is 617 g/mol. The zero-order valence-corrected chi connectivity index (χ0v) is 25.8. The fraction of sp³-hybridized carbons (Fsp3) is 0.300. The van der Waals surface area contributed by atoms with Gasteiger partial charge in [-0.2, -0.15) is 5.10 Å². The van der Waals surface area contributed by atoms with E-state index in [1.807, 2.05) is 59.8 Å². The third-order valence-corrected chi connectivity index (χ3v) is 10.2. The molecule has 1 saturated heterocycles. The van der Waals surface area contributed by atoms with E-state index in [2.05, 4.69) is 12.0 Å². The van der Waals surface area contributed by atoms with E-state index >= 15 is 0 Å². The minimum absolute atomic E-state index is 0.108. The summed E-state index contributed by atoms with van der Waals surface area (Å²) < 4.78 is 14.5. The van der Waals surface area contributed by atoms with Gasteiger partial charge < -0.3 is 14.4 Å². The first-order valence-corrected chi connectivity index (χ1v) is 16.2. The Labute approximate surface area is 254 Å². The molecule has 0 spiro atoms. The summed E-state index contributed by atoms with van der Waals surface area (Å²) >= 11 is 4.64. The van der Waals surface area contributed by atoms with Gasteiger partial charge >= 0.3 is 0 Å². The molecule has 6 aromatic rings. The number of fused-ring (bicyclic) bond motifs is 2. The van der Waals surface area contributed by atoms with Gasteiger partial charge in [0.15, 0.2) is 0 Å². The van der Waals surface area contributed by atoms with E-state index < -0.39 is 0 Å². The molecule has 0 bridgehead atoms. The first-order chi connectivity index (χ1) is 20.4. The summed E-state index contributed by atoms with van der Waals surface area (Å²) in [6, 6.07) is 11.6. The van der Waals surface area contributed by atoms with Crippen molar-refractivity contribution in [2.45, 2.75) is 33.3 Å². The summed E-state index contributed by atoms with van der Waals surface area (Å²) in [5, 5.41) is 9.12. The van der Waals surface area contributed by atoms with Crippen LogP contribution in [0.2, 0.25) is 0 Å². The van der Waals surface area contributed by atoms with E-state index in [4.69, 9.17) is 24.4 Å². The molecule has 9 nitrogen and oxygen atoms in total. The molecule has 12 heteroatoms. The number of ether oxygens (including phenoxy) is 2. The quantitative estimate of drug-likeness (QED) is 0.191. The highest BCUT2D eigenvalue weighted by Gasteiger charge is 2.22. The zero-order valence-electron chi connectivity index (χ0n) is 23.4. The molecule has 0 unspecified atom stereocenters. The summed E-state index contributed by atoms with van der Waals surface area (Å²) in [4.78, 5) is 30.1. The first kappa shape index (κ1) is 27.0. The zero-order chi connectivity index (χ0) is 28.8. The minimum atomic E-state index is 0.108. The molecule has 2 aromatic carbocycles. The lowest BCUT2D eigenvalue weighted by Gasteiger charge is -2.31. The van der Waals surface area contributed by atoms with Crippen LogP contribution in [0.5, 0.6) is 11.5 Å². The predicted molar refractivity (Wildman–Crippen MR) is 167 cm³/mol. The molecule has 1 amide bonds. The van der Waals surface area contributed by atoms with E-state index in [9.17, 15) is 4.79 Å². The number of likely N-dealkylation sites (tertiary alicyclic amines) is 1. The highest BCUT2D eigenvalue weighted by Crippen LogP contribution is 2.39. The number of carbonyl (C=O) groups excluding carboxylic acids is 1. The summed E-state index contributed by atoms with van der Waals surface area (Å²) in [7, 11) is 1.63. The van der Waals surface area contributed by atoms with Crippen molar-refractivity contribution in [3.63, 3.8) is 0 Å². The third-order valence-electron chi connectivity index (χ3n) is 7.28. The number of rotatable bonds is 7. The lowest BCUT2D eigenvalue weighted by molar-refractivity contribution is 0.0683. The van der Waals surface area contributed by atoms with Crippen molar-refractivity contribution in [1.82, 2.24) is 29.5 Å². The van der Waals surface area contributed by atoms with Gasteiger partial charge in [-0.05, 0) is 37.8 Å². The number of carbonyl (C=O) groups is 1. The highest BCUT2D eigenvalue weighted by atomic mass is 32.1. The first-order valence-electron chi connectivity index (χ1n) is 13.7. The number of methoxy groups -OCH3 is 1. The van der Waals surface area contributed by atoms with Crippen LogP contribution in [0.4, 0.5) is 0 Å². The summed E-state index contributed by atoms with van der Waals surface area (Å²) in [6.07, 6.45) is 4.16. The molecular weight excluding hydrogens is 589 g/mol. The fourth-order valence-electron chi connectivity index (χ4n) is 5.18. The number of aromatic nitrogens is 5. The van der Waals surface area contributed by atoms with Crippen LogP contribution in [0.25, 0.3) is 36.5 Å². The molecule has 1 atom stereocenters. The predicted octanol–water partition coefficient (Wildman–Crippen LogP) is 6.96. The molecule has 7 rings (SSSR count). The second-order valence-electron chi connectivity index (χ2n) is 10.5. The van der Waals surface area contributed by atoms with Crippen molar-refractivity contribution in [3.05, 3.63) is 64.2 Å². The molecule has 0 saturated carbocycles. The van der Waals surface area contributed by atoms with E-state index in [-0.39, 0.29) is 5.91 Å². The molecular formula is C30H28N6O3S3. The van der Waals surface area contributed by atoms with E-state index in [1.165, 1.54) is 17.8 Å². The van der Waals surface area contributed by atoms with Gasteiger partial charge in [-0.1, -0.05) is 30.4 Å². The second kappa shape index (κ2) is 11.1. The number of nitrogens with zero attached hydrogens (tertiary/aromatic N) is 6. The smallest absolute Gasteiger partial charge is 0.253 e. The van der Waals surface area contributed by atoms with Crippen LogP contribution in [-0.2, 0) is 6.61 Å². The Bertz CT molecular complexity index is 1870. The van der Waals surface area contributed by atoms with Gasteiger partial charge in [-0.15, -0.1) is 22.7 Å². The van der Waals surface area contributed by atoms with E-state index in [0.717, 1.165) is 72.2 Å². The number of hydrogen-bond donors (Lipinski definition) is 0. The molecule has 0 aliphatic carbocycles. The van der Waals surface area contributed by atoms with Gasteiger partial charge in [-0.3, -0.25) is 4.79 Å². The van der Waals surface area contributed by atoms with Crippen LogP contribution in [0.1, 0.15) is 40.8 Å². The lowest BCUT2D eigenvalue weighted by Crippen LogP contribution is -2.39. The van der Waals surface area contributed by atoms with Gasteiger partial charge in [0.05, 0.1) is 29.2 Å². The minimum Gasteiger partial charge on any atom is -0.497 e. The summed E-state index contributed by atoms with van der Waals surface area (Å²) in [5.41, 5.74) is 4.10. The number of imidazole rings is 1. The van der Waals surface area contributed by atoms with Gasteiger partial charge in [0.2, 0.25) is 4.96 Å². The molecule has 1 aliphatic rings. The number of thiazole rings is 2. The third kappa shape index (κ3) is 5.25. The Morgan fingerprint density at radius 1 is 1.10 bits per heavy atom. The lowest BCUT2D eigenvalue weighted by atomic mass is 9.99. The number of benzene rings is 2. The summed E-state index contributed by atoms with van der Waals surface area (Å²) in [5.74, 6) is 2.02. The molecule has 0 N–H and O–H groups in total. The van der Waals surface area contributed by atoms with Crippen LogP contribution in [0, 0.1) is 12.8 Å². The van der Waals surface area contributed by atoms with E-state index in [1.54, 1.807) is 34.3 Å². The van der Waals surface area contributed by atoms with Gasteiger partial charge in [0.25, 0.3) is 5.91 Å². The molecule has 4 aromatic heterocycles. The van der Waals surface area contributed by atoms with Crippen LogP contribution < -0.4 is 9.47 Å². The Morgan fingerprint density at radius 3 is 2.74 bits per heavy atom. The Balaban J connectivity index is 1.07. The maximum absolute atomic E-state index is 13.0. The molecule has 42 heavy (non-hydrogen) atoms. The average Bonchev–Trinajstić information content (AvgIpc) is 3.78. The SMILES string of the molecule is COc1cc(OCc2csc(-c3ccc(C(=O)N4CCC[C@H](C)C4)cc3)n2)c2sc(-c3cn4nc(C)sc4n3)nc2c1. The standard InChI is InChI=1S/C30H28N6O3S3/c1-17-5-4-10-35(13-17)29(37)20-8-6-19(7-9-20)27-31-21(16-40-27)15-39-25-12-22(38-3)11-23-26(25)42-28(32-23)24-14-36-30(33-24)41-18(2)34-36/h6-9,11-12,14,16-17H,4-5,10,13,15H2,1-3H3/t17-/m0/s1. The van der Waals surface area contributed by atoms with Crippen LogP contribution in [0.3, 0.4) is 0 Å². The Morgan fingerprint density at radius 2 is 1.95 bits per heavy atom. The van der Waals surface area contributed by atoms with Crippen molar-refractivity contribution >= 4 is 55.1 Å². The van der Waals surface area contributed by atoms with E-state index in [0.29, 0.717) is 24.0 Å². The van der Waals surface area contributed by atoms with Crippen molar-refractivity contribution in [2.75, 3.05) is 20.2 Å². The molecule has 1 fully saturated rings. The second-order valence-corrected chi connectivity index (χ2v) is 13.5.